The minimum atomic E-state index is -4.47. The molecule has 1 atom stereocenters. The van der Waals surface area contributed by atoms with Gasteiger partial charge < -0.3 is 14.8 Å². The summed E-state index contributed by atoms with van der Waals surface area (Å²) in [6.45, 7) is 1.56. The number of fused-ring (bicyclic) bond motifs is 1. The second-order valence-corrected chi connectivity index (χ2v) is 9.29. The molecule has 2 aliphatic heterocycles. The molecule has 0 radical (unpaired) electrons. The predicted molar refractivity (Wildman–Crippen MR) is 113 cm³/mol. The first kappa shape index (κ1) is 22.0. The summed E-state index contributed by atoms with van der Waals surface area (Å²) in [5, 5.41) is 14.1. The molecule has 0 saturated carbocycles. The van der Waals surface area contributed by atoms with E-state index in [1.807, 2.05) is 4.72 Å². The van der Waals surface area contributed by atoms with E-state index in [-0.39, 0.29) is 29.8 Å². The van der Waals surface area contributed by atoms with Crippen molar-refractivity contribution in [2.45, 2.75) is 30.3 Å². The summed E-state index contributed by atoms with van der Waals surface area (Å²) in [4.78, 5) is 27.2. The molecular formula is C20H22N4O7S. The molecule has 32 heavy (non-hydrogen) atoms. The maximum atomic E-state index is 12.7. The van der Waals surface area contributed by atoms with Crippen LogP contribution in [0.2, 0.25) is 0 Å². The van der Waals surface area contributed by atoms with Crippen LogP contribution in [0, 0.1) is 16.0 Å². The SMILES string of the molecule is O=C(NS(=O)(=O)c1cc([N+](=O)[O-])c2c(n1)OC[C@H](CC1CCOCC1)N2)c1ccccc1. The first-order valence-electron chi connectivity index (χ1n) is 10.1. The molecule has 1 amide bonds. The summed E-state index contributed by atoms with van der Waals surface area (Å²) < 4.78 is 38.2. The Morgan fingerprint density at radius 1 is 1.25 bits per heavy atom. The van der Waals surface area contributed by atoms with E-state index in [1.165, 1.54) is 12.1 Å². The molecule has 0 aliphatic carbocycles. The van der Waals surface area contributed by atoms with Crippen LogP contribution < -0.4 is 14.8 Å². The number of pyridine rings is 1. The quantitative estimate of drug-likeness (QED) is 0.486. The van der Waals surface area contributed by atoms with Gasteiger partial charge in [0.25, 0.3) is 15.9 Å². The number of carbonyl (C=O) groups is 1. The lowest BCUT2D eigenvalue weighted by Crippen LogP contribution is -2.36. The second kappa shape index (κ2) is 9.09. The van der Waals surface area contributed by atoms with E-state index in [1.54, 1.807) is 18.2 Å². The molecule has 1 aromatic carbocycles. The molecule has 12 heteroatoms. The van der Waals surface area contributed by atoms with E-state index in [4.69, 9.17) is 9.47 Å². The maximum Gasteiger partial charge on any atom is 0.300 e. The molecule has 0 bridgehead atoms. The molecule has 11 nitrogen and oxygen atoms in total. The highest BCUT2D eigenvalue weighted by atomic mass is 32.2. The van der Waals surface area contributed by atoms with Crippen molar-refractivity contribution in [1.29, 1.82) is 0 Å². The van der Waals surface area contributed by atoms with Gasteiger partial charge in [0.1, 0.15) is 6.61 Å². The molecule has 0 unspecified atom stereocenters. The van der Waals surface area contributed by atoms with Crippen LogP contribution in [0.15, 0.2) is 41.4 Å². The van der Waals surface area contributed by atoms with Gasteiger partial charge in [-0.15, -0.1) is 0 Å². The number of ether oxygens (including phenoxy) is 2. The van der Waals surface area contributed by atoms with Crippen LogP contribution >= 0.6 is 0 Å². The van der Waals surface area contributed by atoms with Gasteiger partial charge in [0, 0.05) is 18.8 Å². The number of benzene rings is 1. The Morgan fingerprint density at radius 3 is 2.66 bits per heavy atom. The van der Waals surface area contributed by atoms with Gasteiger partial charge in [0.15, 0.2) is 10.7 Å². The number of anilines is 1. The monoisotopic (exact) mass is 462 g/mol. The molecule has 1 aromatic heterocycles. The van der Waals surface area contributed by atoms with Crippen molar-refractivity contribution < 1.29 is 27.6 Å². The predicted octanol–water partition coefficient (Wildman–Crippen LogP) is 2.10. The third-order valence-electron chi connectivity index (χ3n) is 5.41. The van der Waals surface area contributed by atoms with Gasteiger partial charge in [-0.05, 0) is 37.3 Å². The summed E-state index contributed by atoms with van der Waals surface area (Å²) in [7, 11) is -4.47. The van der Waals surface area contributed by atoms with Crippen molar-refractivity contribution in [3.8, 4) is 5.88 Å². The van der Waals surface area contributed by atoms with Crippen molar-refractivity contribution >= 4 is 27.3 Å². The third-order valence-corrected chi connectivity index (χ3v) is 6.62. The van der Waals surface area contributed by atoms with Crippen molar-refractivity contribution in [2.75, 3.05) is 25.1 Å². The Bertz CT molecular complexity index is 1120. The number of carbonyl (C=O) groups excluding carboxylic acids is 1. The number of hydrogen-bond acceptors (Lipinski definition) is 9. The number of sulfonamides is 1. The van der Waals surface area contributed by atoms with Gasteiger partial charge in [0.2, 0.25) is 5.88 Å². The highest BCUT2D eigenvalue weighted by Gasteiger charge is 2.33. The molecule has 2 aliphatic rings. The Labute approximate surface area is 184 Å². The third kappa shape index (κ3) is 4.81. The number of nitro groups is 1. The molecule has 3 heterocycles. The van der Waals surface area contributed by atoms with Crippen LogP contribution in [0.3, 0.4) is 0 Å². The summed E-state index contributed by atoms with van der Waals surface area (Å²) in [5.41, 5.74) is -0.330. The van der Waals surface area contributed by atoms with Crippen molar-refractivity contribution in [2.24, 2.45) is 5.92 Å². The molecular weight excluding hydrogens is 440 g/mol. The standard InChI is InChI=1S/C20H22N4O7S/c25-19(14-4-2-1-3-5-14)23-32(28,29)17-11-16(24(26)27)18-20(22-17)31-12-15(21-18)10-13-6-8-30-9-7-13/h1-5,11,13,15,21H,6-10,12H2,(H,23,25)/t15-/m0/s1. The zero-order valence-corrected chi connectivity index (χ0v) is 17.8. The number of aromatic nitrogens is 1. The van der Waals surface area contributed by atoms with Crippen LogP contribution in [0.1, 0.15) is 29.6 Å². The fourth-order valence-electron chi connectivity index (χ4n) is 3.77. The van der Waals surface area contributed by atoms with E-state index >= 15 is 0 Å². The van der Waals surface area contributed by atoms with Gasteiger partial charge in [-0.1, -0.05) is 18.2 Å². The zero-order valence-electron chi connectivity index (χ0n) is 17.0. The Hall–Kier alpha value is -3.25. The lowest BCUT2D eigenvalue weighted by atomic mass is 9.92. The van der Waals surface area contributed by atoms with Crippen LogP contribution in [0.5, 0.6) is 5.88 Å². The van der Waals surface area contributed by atoms with Crippen molar-refractivity contribution in [3.05, 3.63) is 52.1 Å². The number of nitrogens with zero attached hydrogens (tertiary/aromatic N) is 2. The number of rotatable bonds is 6. The molecule has 1 fully saturated rings. The summed E-state index contributed by atoms with van der Waals surface area (Å²) in [5.74, 6) is -0.649. The number of nitrogens with one attached hydrogen (secondary N) is 2. The minimum absolute atomic E-state index is 0.0339. The van der Waals surface area contributed by atoms with Crippen LogP contribution in [-0.4, -0.2) is 50.1 Å². The van der Waals surface area contributed by atoms with Crippen LogP contribution in [0.4, 0.5) is 11.4 Å². The summed E-state index contributed by atoms with van der Waals surface area (Å²) in [6, 6.07) is 8.38. The van der Waals surface area contributed by atoms with Gasteiger partial charge in [0.05, 0.1) is 17.0 Å². The molecule has 170 valence electrons. The lowest BCUT2D eigenvalue weighted by Gasteiger charge is -2.31. The largest absolute Gasteiger partial charge is 0.474 e. The second-order valence-electron chi connectivity index (χ2n) is 7.66. The molecule has 2 aromatic rings. The van der Waals surface area contributed by atoms with E-state index in [0.29, 0.717) is 19.1 Å². The molecule has 4 rings (SSSR count). The van der Waals surface area contributed by atoms with Gasteiger partial charge >= 0.3 is 5.69 Å². The highest BCUT2D eigenvalue weighted by Crippen LogP contribution is 2.38. The topological polar surface area (TPSA) is 150 Å². The van der Waals surface area contributed by atoms with Gasteiger partial charge in [-0.3, -0.25) is 14.9 Å². The van der Waals surface area contributed by atoms with E-state index in [0.717, 1.165) is 25.3 Å². The van der Waals surface area contributed by atoms with Crippen LogP contribution in [-0.2, 0) is 14.8 Å². The smallest absolute Gasteiger partial charge is 0.300 e. The summed E-state index contributed by atoms with van der Waals surface area (Å²) >= 11 is 0. The van der Waals surface area contributed by atoms with Crippen molar-refractivity contribution in [3.63, 3.8) is 0 Å². The first-order chi connectivity index (χ1) is 15.3. The fraction of sp³-hybridized carbons (Fsp3) is 0.400. The van der Waals surface area contributed by atoms with E-state index in [9.17, 15) is 23.3 Å². The average molecular weight is 462 g/mol. The Morgan fingerprint density at radius 2 is 1.97 bits per heavy atom. The summed E-state index contributed by atoms with van der Waals surface area (Å²) in [6.07, 6.45) is 2.56. The van der Waals surface area contributed by atoms with Gasteiger partial charge in [-0.2, -0.15) is 13.4 Å². The molecule has 0 spiro atoms. The van der Waals surface area contributed by atoms with Gasteiger partial charge in [-0.25, -0.2) is 4.72 Å². The molecule has 2 N–H and O–H groups in total. The average Bonchev–Trinajstić information content (AvgIpc) is 2.79. The molecule has 1 saturated heterocycles. The zero-order chi connectivity index (χ0) is 22.7. The lowest BCUT2D eigenvalue weighted by molar-refractivity contribution is -0.384. The minimum Gasteiger partial charge on any atom is -0.474 e. The van der Waals surface area contributed by atoms with E-state index < -0.39 is 31.6 Å². The normalized spacial score (nSPS) is 18.7. The first-order valence-corrected chi connectivity index (χ1v) is 11.6. The number of hydrogen-bond donors (Lipinski definition) is 2. The Kier molecular flexibility index (Phi) is 6.24. The highest BCUT2D eigenvalue weighted by molar-refractivity contribution is 7.90. The fourth-order valence-corrected chi connectivity index (χ4v) is 4.70. The van der Waals surface area contributed by atoms with Crippen molar-refractivity contribution in [1.82, 2.24) is 9.71 Å². The van der Waals surface area contributed by atoms with E-state index in [2.05, 4.69) is 10.3 Å². The number of amides is 1. The van der Waals surface area contributed by atoms with Crippen LogP contribution in [0.25, 0.3) is 0 Å². The Balaban J connectivity index is 1.57. The maximum absolute atomic E-state index is 12.7.